The Morgan fingerprint density at radius 1 is 0.913 bits per heavy atom. The third-order valence-corrected chi connectivity index (χ3v) is 6.57. The van der Waals surface area contributed by atoms with Crippen LogP contribution in [0, 0.1) is 5.41 Å². The molecule has 0 amide bonds. The van der Waals surface area contributed by atoms with Gasteiger partial charge in [0.2, 0.25) is 0 Å². The van der Waals surface area contributed by atoms with E-state index in [2.05, 4.69) is 29.8 Å². The van der Waals surface area contributed by atoms with E-state index in [9.17, 15) is 9.59 Å². The van der Waals surface area contributed by atoms with Gasteiger partial charge in [-0.05, 0) is 34.8 Å². The number of halogens is 1. The Balaban J connectivity index is 2.15. The maximum atomic E-state index is 13.0. The molecule has 0 bridgehead atoms. The minimum atomic E-state index is -0.747. The molecule has 2 rings (SSSR count). The average molecular weight is 399 g/mol. The van der Waals surface area contributed by atoms with Crippen LogP contribution < -0.4 is 0 Å². The lowest BCUT2D eigenvalue weighted by Gasteiger charge is -2.26. The van der Waals surface area contributed by atoms with Crippen LogP contribution in [0.2, 0.25) is 0 Å². The monoisotopic (exact) mass is 398 g/mol. The highest BCUT2D eigenvalue weighted by molar-refractivity contribution is 9.11. The fourth-order valence-corrected chi connectivity index (χ4v) is 5.20. The smallest absolute Gasteiger partial charge is 0.187 e. The predicted octanol–water partition coefficient (Wildman–Crippen LogP) is 6.82. The van der Waals surface area contributed by atoms with Crippen LogP contribution in [0.15, 0.2) is 9.85 Å². The molecule has 1 aliphatic carbocycles. The van der Waals surface area contributed by atoms with Crippen molar-refractivity contribution >= 4 is 38.8 Å². The molecule has 0 spiro atoms. The zero-order chi connectivity index (χ0) is 16.9. The lowest BCUT2D eigenvalue weighted by atomic mass is 9.74. The summed E-state index contributed by atoms with van der Waals surface area (Å²) in [6, 6.07) is 1.85. The van der Waals surface area contributed by atoms with E-state index in [1.165, 1.54) is 37.0 Å². The Hall–Kier alpha value is -0.480. The number of fused-ring (bicyclic) bond motifs is 1. The fourth-order valence-electron chi connectivity index (χ4n) is 3.56. The first-order valence-electron chi connectivity index (χ1n) is 8.95. The molecular formula is C19H27BrO2S. The zero-order valence-corrected chi connectivity index (χ0v) is 16.7. The first-order chi connectivity index (χ1) is 11.1. The summed E-state index contributed by atoms with van der Waals surface area (Å²) in [5, 5.41) is 0. The van der Waals surface area contributed by atoms with E-state index < -0.39 is 5.41 Å². The van der Waals surface area contributed by atoms with E-state index in [0.29, 0.717) is 10.4 Å². The second-order valence-corrected chi connectivity index (χ2v) is 9.09. The quantitative estimate of drug-likeness (QED) is 0.320. The number of hydrogen-bond donors (Lipinski definition) is 0. The zero-order valence-electron chi connectivity index (χ0n) is 14.3. The molecule has 2 nitrogen and oxygen atoms in total. The highest BCUT2D eigenvalue weighted by Gasteiger charge is 2.52. The summed E-state index contributed by atoms with van der Waals surface area (Å²) in [4.78, 5) is 26.8. The van der Waals surface area contributed by atoms with E-state index in [-0.39, 0.29) is 11.6 Å². The predicted molar refractivity (Wildman–Crippen MR) is 101 cm³/mol. The highest BCUT2D eigenvalue weighted by Crippen LogP contribution is 2.48. The second kappa shape index (κ2) is 8.57. The van der Waals surface area contributed by atoms with Crippen LogP contribution in [-0.2, 0) is 0 Å². The summed E-state index contributed by atoms with van der Waals surface area (Å²) in [5.41, 5.74) is -0.0820. The first kappa shape index (κ1) is 18.9. The molecule has 1 heterocycles. The molecule has 0 N–H and O–H groups in total. The van der Waals surface area contributed by atoms with Crippen LogP contribution >= 0.6 is 27.3 Å². The maximum Gasteiger partial charge on any atom is 0.187 e. The van der Waals surface area contributed by atoms with Crippen molar-refractivity contribution < 1.29 is 9.59 Å². The second-order valence-electron chi connectivity index (χ2n) is 6.65. The van der Waals surface area contributed by atoms with E-state index >= 15 is 0 Å². The Morgan fingerprint density at radius 2 is 1.48 bits per heavy atom. The standard InChI is InChI=1S/C19H27BrO2S/c1-3-5-7-9-11-19(12-10-8-6-4-2)17(21)14-13-15(20)23-16(14)18(19)22/h13H,3-12H2,1-2H3. The SMILES string of the molecule is CCCCCCC1(CCCCCC)C(=O)c2cc(Br)sc2C1=O. The molecule has 0 unspecified atom stereocenters. The molecule has 0 saturated carbocycles. The summed E-state index contributed by atoms with van der Waals surface area (Å²) in [6.07, 6.45) is 10.4. The van der Waals surface area contributed by atoms with Gasteiger partial charge in [0.15, 0.2) is 11.6 Å². The summed E-state index contributed by atoms with van der Waals surface area (Å²) in [7, 11) is 0. The first-order valence-corrected chi connectivity index (χ1v) is 10.6. The number of rotatable bonds is 10. The van der Waals surface area contributed by atoms with Gasteiger partial charge in [-0.25, -0.2) is 0 Å². The summed E-state index contributed by atoms with van der Waals surface area (Å²) in [6.45, 7) is 4.36. The largest absolute Gasteiger partial charge is 0.293 e. The Bertz CT molecular complexity index is 514. The summed E-state index contributed by atoms with van der Waals surface area (Å²) >= 11 is 4.84. The maximum absolute atomic E-state index is 13.0. The van der Waals surface area contributed by atoms with Crippen molar-refractivity contribution in [2.75, 3.05) is 0 Å². The molecule has 0 aromatic carbocycles. The van der Waals surface area contributed by atoms with Gasteiger partial charge in [0.1, 0.15) is 0 Å². The molecule has 4 heteroatoms. The topological polar surface area (TPSA) is 34.1 Å². The van der Waals surface area contributed by atoms with Gasteiger partial charge in [0.05, 0.1) is 14.1 Å². The summed E-state index contributed by atoms with van der Waals surface area (Å²) in [5.74, 6) is 0.189. The average Bonchev–Trinajstić information content (AvgIpc) is 3.00. The number of hydrogen-bond acceptors (Lipinski definition) is 3. The van der Waals surface area contributed by atoms with Crippen LogP contribution in [0.5, 0.6) is 0 Å². The van der Waals surface area contributed by atoms with Crippen LogP contribution in [0.25, 0.3) is 0 Å². The molecule has 1 aromatic rings. The fraction of sp³-hybridized carbons (Fsp3) is 0.684. The molecule has 23 heavy (non-hydrogen) atoms. The molecule has 0 fully saturated rings. The Labute approximate surface area is 152 Å². The van der Waals surface area contributed by atoms with Crippen LogP contribution in [-0.4, -0.2) is 11.6 Å². The van der Waals surface area contributed by atoms with Crippen molar-refractivity contribution in [1.82, 2.24) is 0 Å². The lowest BCUT2D eigenvalue weighted by molar-refractivity contribution is 0.0657. The van der Waals surface area contributed by atoms with Gasteiger partial charge in [-0.2, -0.15) is 0 Å². The molecule has 0 radical (unpaired) electrons. The molecule has 0 saturated heterocycles. The van der Waals surface area contributed by atoms with E-state index in [4.69, 9.17) is 0 Å². The van der Waals surface area contributed by atoms with Crippen molar-refractivity contribution in [1.29, 1.82) is 0 Å². The van der Waals surface area contributed by atoms with Gasteiger partial charge in [-0.3, -0.25) is 9.59 Å². The molecule has 0 atom stereocenters. The number of carbonyl (C=O) groups is 2. The van der Waals surface area contributed by atoms with Crippen molar-refractivity contribution in [3.63, 3.8) is 0 Å². The molecular weight excluding hydrogens is 372 g/mol. The van der Waals surface area contributed by atoms with Gasteiger partial charge in [-0.1, -0.05) is 65.2 Å². The highest BCUT2D eigenvalue weighted by atomic mass is 79.9. The van der Waals surface area contributed by atoms with Crippen molar-refractivity contribution in [3.05, 3.63) is 20.3 Å². The van der Waals surface area contributed by atoms with Crippen LogP contribution in [0.3, 0.4) is 0 Å². The number of ketones is 2. The van der Waals surface area contributed by atoms with E-state index in [1.807, 2.05) is 6.07 Å². The van der Waals surface area contributed by atoms with Crippen molar-refractivity contribution in [3.8, 4) is 0 Å². The number of unbranched alkanes of at least 4 members (excludes halogenated alkanes) is 6. The van der Waals surface area contributed by atoms with E-state index in [0.717, 1.165) is 42.3 Å². The van der Waals surface area contributed by atoms with E-state index in [1.54, 1.807) is 0 Å². The minimum Gasteiger partial charge on any atom is -0.293 e. The molecule has 0 aliphatic heterocycles. The third-order valence-electron chi connectivity index (χ3n) is 4.94. The van der Waals surface area contributed by atoms with Crippen molar-refractivity contribution in [2.24, 2.45) is 5.41 Å². The lowest BCUT2D eigenvalue weighted by Crippen LogP contribution is -2.33. The van der Waals surface area contributed by atoms with Crippen LogP contribution in [0.1, 0.15) is 98.1 Å². The number of Topliss-reactive ketones (excluding diaryl/α,β-unsaturated/α-hetero) is 2. The normalized spacial score (nSPS) is 16.1. The van der Waals surface area contributed by atoms with Crippen molar-refractivity contribution in [2.45, 2.75) is 78.1 Å². The number of thiophene rings is 1. The Kier molecular flexibility index (Phi) is 7.02. The van der Waals surface area contributed by atoms with Gasteiger partial charge in [0, 0.05) is 5.56 Å². The van der Waals surface area contributed by atoms with Gasteiger partial charge >= 0.3 is 0 Å². The molecule has 1 aliphatic rings. The number of carbonyl (C=O) groups excluding carboxylic acids is 2. The Morgan fingerprint density at radius 3 is 1.96 bits per heavy atom. The van der Waals surface area contributed by atoms with Crippen LogP contribution in [0.4, 0.5) is 0 Å². The minimum absolute atomic E-state index is 0.0902. The van der Waals surface area contributed by atoms with Gasteiger partial charge in [0.25, 0.3) is 0 Å². The molecule has 128 valence electrons. The molecule has 1 aromatic heterocycles. The summed E-state index contributed by atoms with van der Waals surface area (Å²) < 4.78 is 0.884. The van der Waals surface area contributed by atoms with Gasteiger partial charge in [-0.15, -0.1) is 11.3 Å². The van der Waals surface area contributed by atoms with Gasteiger partial charge < -0.3 is 0 Å². The third kappa shape index (κ3) is 3.96.